The molecule has 0 aromatic carbocycles. The van der Waals surface area contributed by atoms with E-state index in [2.05, 4.69) is 19.9 Å². The number of hydrogen-bond acceptors (Lipinski definition) is 7. The molecule has 0 unspecified atom stereocenters. The van der Waals surface area contributed by atoms with Crippen molar-refractivity contribution in [2.75, 3.05) is 13.1 Å². The van der Waals surface area contributed by atoms with Crippen LogP contribution in [0.5, 0.6) is 5.88 Å². The van der Waals surface area contributed by atoms with Crippen LogP contribution in [0.25, 0.3) is 0 Å². The van der Waals surface area contributed by atoms with Crippen LogP contribution < -0.4 is 4.74 Å². The summed E-state index contributed by atoms with van der Waals surface area (Å²) in [4.78, 5) is 28.9. The molecule has 0 spiro atoms. The highest BCUT2D eigenvalue weighted by Crippen LogP contribution is 2.24. The Morgan fingerprint density at radius 3 is 1.97 bits per heavy atom. The second kappa shape index (κ2) is 11.5. The molecule has 1 amide bonds. The minimum atomic E-state index is -0.260. The van der Waals surface area contributed by atoms with Gasteiger partial charge in [-0.1, -0.05) is 34.8 Å². The average Bonchev–Trinajstić information content (AvgIpc) is 2.70. The maximum Gasteiger partial charge on any atom is 0.410 e. The number of likely N-dealkylation sites (tertiary alicyclic amines) is 1. The van der Waals surface area contributed by atoms with E-state index in [0.717, 1.165) is 24.0 Å². The van der Waals surface area contributed by atoms with Crippen molar-refractivity contribution in [3.8, 4) is 5.88 Å². The van der Waals surface area contributed by atoms with E-state index in [1.54, 1.807) is 11.8 Å². The summed E-state index contributed by atoms with van der Waals surface area (Å²) in [6, 6.07) is 0. The topological polar surface area (TPSA) is 90.3 Å². The van der Waals surface area contributed by atoms with Crippen molar-refractivity contribution in [1.82, 2.24) is 24.8 Å². The van der Waals surface area contributed by atoms with Crippen LogP contribution in [0, 0.1) is 13.8 Å². The zero-order valence-corrected chi connectivity index (χ0v) is 19.5. The highest BCUT2D eigenvalue weighted by Gasteiger charge is 2.26. The van der Waals surface area contributed by atoms with Crippen molar-refractivity contribution in [1.29, 1.82) is 0 Å². The van der Waals surface area contributed by atoms with Gasteiger partial charge in [0.05, 0.1) is 6.10 Å². The Kier molecular flexibility index (Phi) is 9.33. The summed E-state index contributed by atoms with van der Waals surface area (Å²) in [7, 11) is 0. The fraction of sp³-hybridized carbons (Fsp3) is 0.526. The fourth-order valence-electron chi connectivity index (χ4n) is 2.53. The molecule has 1 aliphatic heterocycles. The van der Waals surface area contributed by atoms with E-state index in [-0.39, 0.29) is 18.3 Å². The van der Waals surface area contributed by atoms with Gasteiger partial charge in [0, 0.05) is 37.1 Å². The van der Waals surface area contributed by atoms with Gasteiger partial charge in [-0.15, -0.1) is 0 Å². The SMILES string of the molecule is Cc1c(Cl)ncnc1Cl.Cc1c(Cl)ncnc1OC1CCN(C(=O)OC(C)C)CC1. The number of ether oxygens (including phenoxy) is 2. The van der Waals surface area contributed by atoms with Gasteiger partial charge in [0.2, 0.25) is 5.88 Å². The molecule has 1 fully saturated rings. The molecule has 0 aliphatic carbocycles. The predicted molar refractivity (Wildman–Crippen MR) is 115 cm³/mol. The van der Waals surface area contributed by atoms with Gasteiger partial charge < -0.3 is 14.4 Å². The van der Waals surface area contributed by atoms with Crippen molar-refractivity contribution in [3.63, 3.8) is 0 Å². The first kappa shape index (κ1) is 24.4. The molecule has 0 N–H and O–H groups in total. The molecule has 3 heterocycles. The molecule has 0 bridgehead atoms. The second-order valence-electron chi connectivity index (χ2n) is 6.91. The Bertz CT molecular complexity index is 841. The van der Waals surface area contributed by atoms with Crippen LogP contribution in [-0.2, 0) is 4.74 Å². The van der Waals surface area contributed by atoms with Crippen LogP contribution in [0.1, 0.15) is 37.8 Å². The molecule has 11 heteroatoms. The first-order chi connectivity index (χ1) is 14.2. The number of rotatable bonds is 3. The Morgan fingerprint density at radius 2 is 1.47 bits per heavy atom. The fourth-order valence-corrected chi connectivity index (χ4v) is 2.97. The van der Waals surface area contributed by atoms with Crippen LogP contribution >= 0.6 is 34.8 Å². The van der Waals surface area contributed by atoms with Crippen molar-refractivity contribution in [2.24, 2.45) is 0 Å². The van der Waals surface area contributed by atoms with E-state index >= 15 is 0 Å². The standard InChI is InChI=1S/C14H20ClN3O3.C5H4Cl2N2/c1-9(2)20-14(19)18-6-4-11(5-7-18)21-13-10(3)12(15)16-8-17-13;1-3-4(6)8-2-9-5(3)7/h8-9,11H,4-7H2,1-3H3;2H,1H3. The molecule has 0 radical (unpaired) electrons. The molecule has 164 valence electrons. The van der Waals surface area contributed by atoms with Gasteiger partial charge in [-0.25, -0.2) is 24.7 Å². The van der Waals surface area contributed by atoms with Gasteiger partial charge in [0.25, 0.3) is 0 Å². The average molecular weight is 477 g/mol. The van der Waals surface area contributed by atoms with Gasteiger partial charge >= 0.3 is 6.09 Å². The van der Waals surface area contributed by atoms with E-state index in [9.17, 15) is 4.79 Å². The summed E-state index contributed by atoms with van der Waals surface area (Å²) in [5.41, 5.74) is 1.46. The predicted octanol–water partition coefficient (Wildman–Crippen LogP) is 4.92. The van der Waals surface area contributed by atoms with Crippen LogP contribution in [0.4, 0.5) is 4.79 Å². The molecular weight excluding hydrogens is 453 g/mol. The molecule has 2 aromatic heterocycles. The van der Waals surface area contributed by atoms with E-state index < -0.39 is 0 Å². The highest BCUT2D eigenvalue weighted by molar-refractivity contribution is 6.34. The molecule has 2 aromatic rings. The number of nitrogens with zero attached hydrogens (tertiary/aromatic N) is 5. The largest absolute Gasteiger partial charge is 0.474 e. The zero-order valence-electron chi connectivity index (χ0n) is 17.2. The molecule has 30 heavy (non-hydrogen) atoms. The van der Waals surface area contributed by atoms with Gasteiger partial charge in [0.15, 0.2) is 0 Å². The number of carbonyl (C=O) groups excluding carboxylic acids is 1. The summed E-state index contributed by atoms with van der Waals surface area (Å²) in [5.74, 6) is 0.512. The monoisotopic (exact) mass is 475 g/mol. The van der Waals surface area contributed by atoms with Crippen LogP contribution in [-0.4, -0.2) is 56.2 Å². The van der Waals surface area contributed by atoms with Gasteiger partial charge in [-0.2, -0.15) is 0 Å². The Labute approximate surface area is 190 Å². The lowest BCUT2D eigenvalue weighted by atomic mass is 10.1. The number of halogens is 3. The normalized spacial score (nSPS) is 14.2. The van der Waals surface area contributed by atoms with Gasteiger partial charge in [0.1, 0.15) is 34.2 Å². The molecule has 0 atom stereocenters. The lowest BCUT2D eigenvalue weighted by Gasteiger charge is -2.31. The summed E-state index contributed by atoms with van der Waals surface area (Å²) >= 11 is 17.1. The first-order valence-electron chi connectivity index (χ1n) is 9.41. The maximum absolute atomic E-state index is 11.8. The molecule has 1 saturated heterocycles. The van der Waals surface area contributed by atoms with Gasteiger partial charge in [-0.3, -0.25) is 0 Å². The van der Waals surface area contributed by atoms with Crippen LogP contribution in [0.2, 0.25) is 15.5 Å². The Balaban J connectivity index is 0.000000297. The molecule has 0 saturated carbocycles. The number of hydrogen-bond donors (Lipinski definition) is 0. The van der Waals surface area contributed by atoms with E-state index in [1.165, 1.54) is 12.7 Å². The summed E-state index contributed by atoms with van der Waals surface area (Å²) in [6.07, 6.45) is 3.87. The smallest absolute Gasteiger partial charge is 0.410 e. The second-order valence-corrected chi connectivity index (χ2v) is 7.99. The third kappa shape index (κ3) is 7.11. The quantitative estimate of drug-likeness (QED) is 0.581. The molecule has 3 rings (SSSR count). The van der Waals surface area contributed by atoms with Crippen molar-refractivity contribution in [3.05, 3.63) is 39.2 Å². The highest BCUT2D eigenvalue weighted by atomic mass is 35.5. The summed E-state index contributed by atoms with van der Waals surface area (Å²) < 4.78 is 11.0. The lowest BCUT2D eigenvalue weighted by Crippen LogP contribution is -2.42. The Hall–Kier alpha value is -1.90. The number of amides is 1. The Morgan fingerprint density at radius 1 is 0.967 bits per heavy atom. The van der Waals surface area contributed by atoms with Crippen molar-refractivity contribution in [2.45, 2.75) is 52.7 Å². The van der Waals surface area contributed by atoms with E-state index in [0.29, 0.717) is 34.4 Å². The van der Waals surface area contributed by atoms with Crippen molar-refractivity contribution < 1.29 is 14.3 Å². The third-order valence-electron chi connectivity index (χ3n) is 4.25. The van der Waals surface area contributed by atoms with Crippen LogP contribution in [0.3, 0.4) is 0 Å². The third-order valence-corrected chi connectivity index (χ3v) is 5.40. The lowest BCUT2D eigenvalue weighted by molar-refractivity contribution is 0.0505. The summed E-state index contributed by atoms with van der Waals surface area (Å²) in [6.45, 7) is 8.52. The maximum atomic E-state index is 11.8. The van der Waals surface area contributed by atoms with E-state index in [4.69, 9.17) is 44.3 Å². The number of carbonyl (C=O) groups is 1. The molecular formula is C19H24Cl3N5O3. The molecule has 1 aliphatic rings. The number of aromatic nitrogens is 4. The van der Waals surface area contributed by atoms with Crippen LogP contribution in [0.15, 0.2) is 12.7 Å². The van der Waals surface area contributed by atoms with E-state index in [1.807, 2.05) is 20.8 Å². The summed E-state index contributed by atoms with van der Waals surface area (Å²) in [5, 5.41) is 1.22. The first-order valence-corrected chi connectivity index (χ1v) is 10.5. The minimum absolute atomic E-state index is 0.0257. The number of piperidine rings is 1. The molecule has 8 nitrogen and oxygen atoms in total. The minimum Gasteiger partial charge on any atom is -0.474 e. The zero-order chi connectivity index (χ0) is 22.3. The van der Waals surface area contributed by atoms with Crippen molar-refractivity contribution >= 4 is 40.9 Å². The van der Waals surface area contributed by atoms with Gasteiger partial charge in [-0.05, 0) is 27.7 Å².